The fourth-order valence-corrected chi connectivity index (χ4v) is 2.89. The van der Waals surface area contributed by atoms with Crippen molar-refractivity contribution in [3.05, 3.63) is 29.8 Å². The molecule has 0 saturated carbocycles. The average molecular weight is 375 g/mol. The third-order valence-electron chi connectivity index (χ3n) is 5.12. The van der Waals surface area contributed by atoms with Gasteiger partial charge in [-0.2, -0.15) is 0 Å². The van der Waals surface area contributed by atoms with E-state index in [1.54, 1.807) is 0 Å². The quantitative estimate of drug-likeness (QED) is 0.822. The van der Waals surface area contributed by atoms with Crippen LogP contribution in [0, 0.1) is 0 Å². The van der Waals surface area contributed by atoms with Crippen LogP contribution >= 0.6 is 24.8 Å². The number of piperazine rings is 1. The second kappa shape index (κ2) is 8.39. The van der Waals surface area contributed by atoms with Crippen molar-refractivity contribution >= 4 is 37.4 Å². The summed E-state index contributed by atoms with van der Waals surface area (Å²) in [5.74, 6) is 0. The number of benzene rings is 1. The van der Waals surface area contributed by atoms with Crippen LogP contribution in [0.25, 0.3) is 0 Å². The highest BCUT2D eigenvalue weighted by atomic mass is 35.5. The van der Waals surface area contributed by atoms with Gasteiger partial charge in [0.1, 0.15) is 0 Å². The first kappa shape index (κ1) is 21.7. The summed E-state index contributed by atoms with van der Waals surface area (Å²) >= 11 is 0. The molecule has 0 aromatic heterocycles. The number of hydrogen-bond donors (Lipinski definition) is 1. The van der Waals surface area contributed by atoms with Crippen molar-refractivity contribution in [3.63, 3.8) is 0 Å². The third-order valence-corrected chi connectivity index (χ3v) is 5.12. The maximum absolute atomic E-state index is 6.10. The van der Waals surface area contributed by atoms with E-state index in [0.717, 1.165) is 38.2 Å². The average Bonchev–Trinajstić information content (AvgIpc) is 2.69. The van der Waals surface area contributed by atoms with Crippen LogP contribution in [0.15, 0.2) is 24.3 Å². The number of halogens is 2. The molecule has 0 radical (unpaired) electrons. The van der Waals surface area contributed by atoms with E-state index in [9.17, 15) is 0 Å². The van der Waals surface area contributed by atoms with Crippen molar-refractivity contribution in [2.24, 2.45) is 0 Å². The molecule has 24 heavy (non-hydrogen) atoms. The van der Waals surface area contributed by atoms with Crippen LogP contribution < -0.4 is 10.8 Å². The molecule has 3 rings (SSSR count). The lowest BCUT2D eigenvalue weighted by atomic mass is 9.79. The van der Waals surface area contributed by atoms with Crippen LogP contribution in [0.5, 0.6) is 0 Å². The van der Waals surface area contributed by atoms with Gasteiger partial charge < -0.3 is 14.6 Å². The molecule has 1 aromatic rings. The fourth-order valence-electron chi connectivity index (χ4n) is 2.89. The zero-order valence-corrected chi connectivity index (χ0v) is 16.6. The molecule has 2 aliphatic heterocycles. The summed E-state index contributed by atoms with van der Waals surface area (Å²) in [6.45, 7) is 13.8. The van der Waals surface area contributed by atoms with Crippen LogP contribution in [0.4, 0.5) is 0 Å². The molecule has 0 amide bonds. The molecule has 1 N–H and O–H groups in total. The van der Waals surface area contributed by atoms with E-state index in [4.69, 9.17) is 9.31 Å². The van der Waals surface area contributed by atoms with Crippen LogP contribution in [0.1, 0.15) is 33.3 Å². The zero-order chi connectivity index (χ0) is 15.8. The van der Waals surface area contributed by atoms with Gasteiger partial charge >= 0.3 is 7.12 Å². The minimum absolute atomic E-state index is 0. The summed E-state index contributed by atoms with van der Waals surface area (Å²) in [5.41, 5.74) is 1.89. The van der Waals surface area contributed by atoms with E-state index in [-0.39, 0.29) is 43.1 Å². The molecule has 0 spiro atoms. The van der Waals surface area contributed by atoms with Gasteiger partial charge in [-0.3, -0.25) is 4.90 Å². The summed E-state index contributed by atoms with van der Waals surface area (Å²) in [7, 11) is -0.266. The first-order valence-corrected chi connectivity index (χ1v) is 8.25. The van der Waals surface area contributed by atoms with Gasteiger partial charge in [-0.1, -0.05) is 24.3 Å². The van der Waals surface area contributed by atoms with Crippen molar-refractivity contribution in [1.82, 2.24) is 10.2 Å². The van der Waals surface area contributed by atoms with E-state index in [0.29, 0.717) is 0 Å². The van der Waals surface area contributed by atoms with Gasteiger partial charge in [-0.25, -0.2) is 0 Å². The first-order chi connectivity index (χ1) is 10.4. The smallest absolute Gasteiger partial charge is 0.399 e. The predicted octanol–water partition coefficient (Wildman–Crippen LogP) is 2.23. The Morgan fingerprint density at radius 3 is 1.96 bits per heavy atom. The largest absolute Gasteiger partial charge is 0.494 e. The number of nitrogens with zero attached hydrogens (tertiary/aromatic N) is 1. The molecule has 0 unspecified atom stereocenters. The summed E-state index contributed by atoms with van der Waals surface area (Å²) < 4.78 is 12.2. The lowest BCUT2D eigenvalue weighted by molar-refractivity contribution is 0.00578. The summed E-state index contributed by atoms with van der Waals surface area (Å²) in [6, 6.07) is 8.67. The van der Waals surface area contributed by atoms with Crippen LogP contribution in [-0.2, 0) is 15.9 Å². The molecule has 4 nitrogen and oxygen atoms in total. The molecule has 1 aromatic carbocycles. The van der Waals surface area contributed by atoms with Gasteiger partial charge in [-0.05, 0) is 38.7 Å². The minimum Gasteiger partial charge on any atom is -0.399 e. The molecule has 2 fully saturated rings. The van der Waals surface area contributed by atoms with Crippen LogP contribution in [0.3, 0.4) is 0 Å². The lowest BCUT2D eigenvalue weighted by Crippen LogP contribution is -2.43. The van der Waals surface area contributed by atoms with Gasteiger partial charge in [-0.15, -0.1) is 24.8 Å². The molecule has 7 heteroatoms. The Morgan fingerprint density at radius 2 is 1.46 bits per heavy atom. The van der Waals surface area contributed by atoms with Gasteiger partial charge in [0.05, 0.1) is 11.2 Å². The number of hydrogen-bond acceptors (Lipinski definition) is 4. The Kier molecular flexibility index (Phi) is 7.60. The van der Waals surface area contributed by atoms with Crippen molar-refractivity contribution in [3.8, 4) is 0 Å². The lowest BCUT2D eigenvalue weighted by Gasteiger charge is -2.32. The standard InChI is InChI=1S/C17H27BN2O2.2ClH/c1-16(2)17(3,4)22-18(21-16)15-7-5-14(6-8-15)13-20-11-9-19-10-12-20;;/h5-8,19H,9-13H2,1-4H3;2*1H. The van der Waals surface area contributed by atoms with Crippen molar-refractivity contribution in [1.29, 1.82) is 0 Å². The Bertz CT molecular complexity index is 504. The topological polar surface area (TPSA) is 33.7 Å². The number of rotatable bonds is 3. The highest BCUT2D eigenvalue weighted by Gasteiger charge is 2.51. The number of nitrogens with one attached hydrogen (secondary N) is 1. The minimum atomic E-state index is -0.281. The molecular weight excluding hydrogens is 346 g/mol. The van der Waals surface area contributed by atoms with E-state index < -0.39 is 0 Å². The second-order valence-electron chi connectivity index (χ2n) is 7.36. The third kappa shape index (κ3) is 4.66. The summed E-state index contributed by atoms with van der Waals surface area (Å²) in [4.78, 5) is 2.49. The molecule has 2 saturated heterocycles. The van der Waals surface area contributed by atoms with Gasteiger partial charge in [0, 0.05) is 32.7 Å². The zero-order valence-electron chi connectivity index (χ0n) is 15.0. The maximum Gasteiger partial charge on any atom is 0.494 e. The van der Waals surface area contributed by atoms with Crippen LogP contribution in [-0.4, -0.2) is 49.4 Å². The molecule has 2 heterocycles. The summed E-state index contributed by atoms with van der Waals surface area (Å²) in [5, 5.41) is 3.39. The monoisotopic (exact) mass is 374 g/mol. The first-order valence-electron chi connectivity index (χ1n) is 8.25. The molecular formula is C17H29BCl2N2O2. The SMILES string of the molecule is CC1(C)OB(c2ccc(CN3CCNCC3)cc2)OC1(C)C.Cl.Cl. The normalized spacial score (nSPS) is 22.6. The van der Waals surface area contributed by atoms with E-state index in [1.165, 1.54) is 5.56 Å². The Hall–Kier alpha value is -0.295. The van der Waals surface area contributed by atoms with E-state index in [1.807, 2.05) is 0 Å². The Balaban J connectivity index is 0.00000144. The van der Waals surface area contributed by atoms with Crippen molar-refractivity contribution in [2.75, 3.05) is 26.2 Å². The Labute approximate surface area is 158 Å². The fraction of sp³-hybridized carbons (Fsp3) is 0.647. The molecule has 136 valence electrons. The Morgan fingerprint density at radius 1 is 0.958 bits per heavy atom. The van der Waals surface area contributed by atoms with Gasteiger partial charge in [0.15, 0.2) is 0 Å². The second-order valence-corrected chi connectivity index (χ2v) is 7.36. The predicted molar refractivity (Wildman–Crippen MR) is 105 cm³/mol. The molecule has 2 aliphatic rings. The highest BCUT2D eigenvalue weighted by molar-refractivity contribution is 6.62. The van der Waals surface area contributed by atoms with E-state index in [2.05, 4.69) is 62.2 Å². The maximum atomic E-state index is 6.10. The van der Waals surface area contributed by atoms with E-state index >= 15 is 0 Å². The van der Waals surface area contributed by atoms with Gasteiger partial charge in [0.2, 0.25) is 0 Å². The molecule has 0 aliphatic carbocycles. The summed E-state index contributed by atoms with van der Waals surface area (Å²) in [6.07, 6.45) is 0. The molecule has 0 atom stereocenters. The molecule has 0 bridgehead atoms. The van der Waals surface area contributed by atoms with Crippen molar-refractivity contribution < 1.29 is 9.31 Å². The highest BCUT2D eigenvalue weighted by Crippen LogP contribution is 2.36. The van der Waals surface area contributed by atoms with Gasteiger partial charge in [0.25, 0.3) is 0 Å². The van der Waals surface area contributed by atoms with Crippen molar-refractivity contribution in [2.45, 2.75) is 45.4 Å². The van der Waals surface area contributed by atoms with Crippen LogP contribution in [0.2, 0.25) is 0 Å².